The van der Waals surface area contributed by atoms with Crippen LogP contribution in [0.3, 0.4) is 0 Å². The van der Waals surface area contributed by atoms with Crippen molar-refractivity contribution < 1.29 is 4.39 Å². The highest BCUT2D eigenvalue weighted by Crippen LogP contribution is 2.25. The molecule has 3 nitrogen and oxygen atoms in total. The van der Waals surface area contributed by atoms with Crippen LogP contribution in [0.1, 0.15) is 5.56 Å². The average Bonchev–Trinajstić information content (AvgIpc) is 2.78. The number of aromatic nitrogens is 1. The summed E-state index contributed by atoms with van der Waals surface area (Å²) in [5.41, 5.74) is 8.80. The topological polar surface area (TPSA) is 42.2 Å². The largest absolute Gasteiger partial charge is 0.375 e. The summed E-state index contributed by atoms with van der Waals surface area (Å²) in [5, 5.41) is 0.587. The predicted octanol–water partition coefficient (Wildman–Crippen LogP) is 3.65. The standard InChI is InChI=1S/C15H14FN3S/c1-19(12-5-3-11(16)4-6-12)9-10-2-7-13-14(8-10)20-15(17)18-13/h2-8H,9H2,1H3,(H2,17,18). The van der Waals surface area contributed by atoms with Gasteiger partial charge in [0.1, 0.15) is 5.82 Å². The third-order valence-electron chi connectivity index (χ3n) is 3.16. The summed E-state index contributed by atoms with van der Waals surface area (Å²) < 4.78 is 14.0. The van der Waals surface area contributed by atoms with E-state index in [1.165, 1.54) is 29.0 Å². The zero-order valence-electron chi connectivity index (χ0n) is 11.0. The van der Waals surface area contributed by atoms with Gasteiger partial charge >= 0.3 is 0 Å². The maximum Gasteiger partial charge on any atom is 0.181 e. The molecule has 0 spiro atoms. The Labute approximate surface area is 120 Å². The van der Waals surface area contributed by atoms with Crippen molar-refractivity contribution in [1.82, 2.24) is 4.98 Å². The third kappa shape index (κ3) is 2.58. The highest BCUT2D eigenvalue weighted by atomic mass is 32.1. The summed E-state index contributed by atoms with van der Waals surface area (Å²) in [7, 11) is 1.98. The second-order valence-electron chi connectivity index (χ2n) is 4.69. The van der Waals surface area contributed by atoms with Gasteiger partial charge in [-0.15, -0.1) is 0 Å². The van der Waals surface area contributed by atoms with Gasteiger partial charge in [-0.3, -0.25) is 0 Å². The van der Waals surface area contributed by atoms with E-state index in [9.17, 15) is 4.39 Å². The Morgan fingerprint density at radius 1 is 1.20 bits per heavy atom. The molecular formula is C15H14FN3S. The maximum atomic E-state index is 12.9. The molecule has 3 rings (SSSR count). The van der Waals surface area contributed by atoms with Crippen molar-refractivity contribution in [3.63, 3.8) is 0 Å². The predicted molar refractivity (Wildman–Crippen MR) is 82.5 cm³/mol. The van der Waals surface area contributed by atoms with E-state index >= 15 is 0 Å². The Hall–Kier alpha value is -2.14. The molecular weight excluding hydrogens is 273 g/mol. The van der Waals surface area contributed by atoms with Crippen LogP contribution in [-0.4, -0.2) is 12.0 Å². The first kappa shape index (κ1) is 12.9. The van der Waals surface area contributed by atoms with Gasteiger partial charge in [0.05, 0.1) is 10.2 Å². The van der Waals surface area contributed by atoms with E-state index in [4.69, 9.17) is 5.73 Å². The fourth-order valence-corrected chi connectivity index (χ4v) is 2.94. The van der Waals surface area contributed by atoms with E-state index in [2.05, 4.69) is 16.0 Å². The molecule has 0 saturated carbocycles. The average molecular weight is 287 g/mol. The molecule has 0 aliphatic carbocycles. The fraction of sp³-hybridized carbons (Fsp3) is 0.133. The molecule has 0 bridgehead atoms. The quantitative estimate of drug-likeness (QED) is 0.799. The summed E-state index contributed by atoms with van der Waals surface area (Å²) in [4.78, 5) is 6.32. The lowest BCUT2D eigenvalue weighted by molar-refractivity contribution is 0.627. The van der Waals surface area contributed by atoms with Gasteiger partial charge in [-0.1, -0.05) is 17.4 Å². The number of thiazole rings is 1. The first-order valence-electron chi connectivity index (χ1n) is 6.23. The zero-order valence-corrected chi connectivity index (χ0v) is 11.8. The van der Waals surface area contributed by atoms with Crippen molar-refractivity contribution in [2.75, 3.05) is 17.7 Å². The minimum absolute atomic E-state index is 0.219. The number of fused-ring (bicyclic) bond motifs is 1. The molecule has 1 aromatic heterocycles. The number of nitrogen functional groups attached to an aromatic ring is 1. The van der Waals surface area contributed by atoms with Crippen molar-refractivity contribution in [2.45, 2.75) is 6.54 Å². The molecule has 0 aliphatic rings. The first-order chi connectivity index (χ1) is 9.61. The summed E-state index contributed by atoms with van der Waals surface area (Å²) in [5.74, 6) is -0.219. The molecule has 102 valence electrons. The minimum atomic E-state index is -0.219. The number of hydrogen-bond acceptors (Lipinski definition) is 4. The zero-order chi connectivity index (χ0) is 14.1. The molecule has 0 amide bonds. The molecule has 1 heterocycles. The molecule has 0 atom stereocenters. The maximum absolute atomic E-state index is 12.9. The molecule has 0 aliphatic heterocycles. The summed E-state index contributed by atoms with van der Waals surface area (Å²) in [6.45, 7) is 0.749. The molecule has 3 aromatic rings. The normalized spacial score (nSPS) is 10.9. The number of rotatable bonds is 3. The van der Waals surface area contributed by atoms with Gasteiger partial charge in [-0.25, -0.2) is 9.37 Å². The number of hydrogen-bond donors (Lipinski definition) is 1. The van der Waals surface area contributed by atoms with Crippen LogP contribution in [-0.2, 0) is 6.54 Å². The number of benzene rings is 2. The van der Waals surface area contributed by atoms with Gasteiger partial charge in [-0.2, -0.15) is 0 Å². The van der Waals surface area contributed by atoms with E-state index in [1.54, 1.807) is 12.1 Å². The van der Waals surface area contributed by atoms with Crippen molar-refractivity contribution in [2.24, 2.45) is 0 Å². The lowest BCUT2D eigenvalue weighted by atomic mass is 10.2. The first-order valence-corrected chi connectivity index (χ1v) is 7.05. The van der Waals surface area contributed by atoms with Gasteiger partial charge in [0.25, 0.3) is 0 Å². The summed E-state index contributed by atoms with van der Waals surface area (Å²) in [6, 6.07) is 12.6. The molecule has 0 radical (unpaired) electrons. The third-order valence-corrected chi connectivity index (χ3v) is 4.00. The molecule has 2 aromatic carbocycles. The number of nitrogens with zero attached hydrogens (tertiary/aromatic N) is 2. The van der Waals surface area contributed by atoms with Crippen LogP contribution in [0.15, 0.2) is 42.5 Å². The lowest BCUT2D eigenvalue weighted by Crippen LogP contribution is -2.16. The van der Waals surface area contributed by atoms with Crippen LogP contribution in [0, 0.1) is 5.82 Å². The van der Waals surface area contributed by atoms with Crippen molar-refractivity contribution in [3.8, 4) is 0 Å². The highest BCUT2D eigenvalue weighted by Gasteiger charge is 2.05. The van der Waals surface area contributed by atoms with E-state index < -0.39 is 0 Å². The van der Waals surface area contributed by atoms with E-state index in [0.717, 1.165) is 22.4 Å². The molecule has 2 N–H and O–H groups in total. The van der Waals surface area contributed by atoms with Gasteiger partial charge < -0.3 is 10.6 Å². The summed E-state index contributed by atoms with van der Waals surface area (Å²) in [6.07, 6.45) is 0. The Kier molecular flexibility index (Phi) is 3.28. The van der Waals surface area contributed by atoms with Crippen LogP contribution in [0.5, 0.6) is 0 Å². The van der Waals surface area contributed by atoms with Gasteiger partial charge in [0.15, 0.2) is 5.13 Å². The van der Waals surface area contributed by atoms with E-state index in [1.807, 2.05) is 19.2 Å². The van der Waals surface area contributed by atoms with Gasteiger partial charge in [0.2, 0.25) is 0 Å². The molecule has 5 heteroatoms. The Morgan fingerprint density at radius 2 is 1.95 bits per heavy atom. The van der Waals surface area contributed by atoms with Crippen LogP contribution >= 0.6 is 11.3 Å². The second kappa shape index (κ2) is 5.09. The highest BCUT2D eigenvalue weighted by molar-refractivity contribution is 7.22. The number of anilines is 2. The smallest absolute Gasteiger partial charge is 0.181 e. The van der Waals surface area contributed by atoms with Gasteiger partial charge in [-0.05, 0) is 42.0 Å². The summed E-state index contributed by atoms with van der Waals surface area (Å²) >= 11 is 1.49. The van der Waals surface area contributed by atoms with Crippen LogP contribution in [0.25, 0.3) is 10.2 Å². The fourth-order valence-electron chi connectivity index (χ4n) is 2.15. The Bertz CT molecular complexity index is 736. The van der Waals surface area contributed by atoms with Crippen molar-refractivity contribution >= 4 is 32.4 Å². The molecule has 0 unspecified atom stereocenters. The van der Waals surface area contributed by atoms with Crippen LogP contribution in [0.2, 0.25) is 0 Å². The van der Waals surface area contributed by atoms with Crippen LogP contribution < -0.4 is 10.6 Å². The molecule has 0 saturated heterocycles. The second-order valence-corrected chi connectivity index (χ2v) is 5.75. The van der Waals surface area contributed by atoms with Gasteiger partial charge in [0, 0.05) is 19.3 Å². The molecule has 20 heavy (non-hydrogen) atoms. The number of halogens is 1. The lowest BCUT2D eigenvalue weighted by Gasteiger charge is -2.19. The van der Waals surface area contributed by atoms with E-state index in [-0.39, 0.29) is 5.82 Å². The molecule has 0 fully saturated rings. The van der Waals surface area contributed by atoms with E-state index in [0.29, 0.717) is 5.13 Å². The van der Waals surface area contributed by atoms with Crippen molar-refractivity contribution in [1.29, 1.82) is 0 Å². The van der Waals surface area contributed by atoms with Crippen molar-refractivity contribution in [3.05, 3.63) is 53.8 Å². The van der Waals surface area contributed by atoms with Crippen LogP contribution in [0.4, 0.5) is 15.2 Å². The Morgan fingerprint density at radius 3 is 2.70 bits per heavy atom. The SMILES string of the molecule is CN(Cc1ccc2nc(N)sc2c1)c1ccc(F)cc1. The monoisotopic (exact) mass is 287 g/mol. The minimum Gasteiger partial charge on any atom is -0.375 e. The number of nitrogens with two attached hydrogens (primary N) is 1. The Balaban J connectivity index is 1.82.